The van der Waals surface area contributed by atoms with E-state index in [0.29, 0.717) is 65.0 Å². The largest absolute Gasteiger partial charge is 0.494 e. The number of hydrogen-bond donors (Lipinski definition) is 3. The highest BCUT2D eigenvalue weighted by Gasteiger charge is 2.23. The number of carbonyl (C=O) groups is 1. The molecule has 0 aliphatic rings. The van der Waals surface area contributed by atoms with Gasteiger partial charge in [-0.3, -0.25) is 9.10 Å². The number of aliphatic carboxylic acids is 1. The van der Waals surface area contributed by atoms with Crippen LogP contribution in [0.1, 0.15) is 36.5 Å². The highest BCUT2D eigenvalue weighted by molar-refractivity contribution is 7.92. The third-order valence-corrected chi connectivity index (χ3v) is 8.72. The molecule has 222 valence electrons. The molecule has 0 unspecified atom stereocenters. The molecule has 1 heterocycles. The van der Waals surface area contributed by atoms with E-state index in [1.54, 1.807) is 42.5 Å². The van der Waals surface area contributed by atoms with E-state index in [1.807, 2.05) is 38.1 Å². The second-order valence-electron chi connectivity index (χ2n) is 10.3. The van der Waals surface area contributed by atoms with Gasteiger partial charge in [-0.2, -0.15) is 0 Å². The van der Waals surface area contributed by atoms with Gasteiger partial charge < -0.3 is 20.1 Å². The molecule has 0 saturated carbocycles. The van der Waals surface area contributed by atoms with Crippen LogP contribution in [-0.2, 0) is 21.2 Å². The van der Waals surface area contributed by atoms with Gasteiger partial charge in [-0.05, 0) is 81.0 Å². The lowest BCUT2D eigenvalue weighted by Crippen LogP contribution is -2.38. The third-order valence-electron chi connectivity index (χ3n) is 6.73. The summed E-state index contributed by atoms with van der Waals surface area (Å²) in [5.74, 6) is -1.53. The Morgan fingerprint density at radius 2 is 1.76 bits per heavy atom. The van der Waals surface area contributed by atoms with Crippen LogP contribution < -0.4 is 4.31 Å². The molecule has 0 aliphatic heterocycles. The lowest BCUT2D eigenvalue weighted by Gasteiger charge is -2.26. The van der Waals surface area contributed by atoms with E-state index in [4.69, 9.17) is 10.1 Å². The molecule has 0 bridgehead atoms. The Bertz CT molecular complexity index is 1700. The average Bonchev–Trinajstić information content (AvgIpc) is 3.25. The van der Waals surface area contributed by atoms with Crippen LogP contribution in [0.4, 0.5) is 15.8 Å². The van der Waals surface area contributed by atoms with Gasteiger partial charge in [0.2, 0.25) is 10.0 Å². The van der Waals surface area contributed by atoms with Gasteiger partial charge in [0.25, 0.3) is 0 Å². The molecule has 0 radical (unpaired) electrons. The summed E-state index contributed by atoms with van der Waals surface area (Å²) in [6, 6.07) is 18.2. The van der Waals surface area contributed by atoms with Crippen LogP contribution in [0, 0.1) is 5.82 Å². The maximum Gasteiger partial charge on any atom is 0.303 e. The van der Waals surface area contributed by atoms with Crippen LogP contribution >= 0.6 is 0 Å². The van der Waals surface area contributed by atoms with E-state index in [2.05, 4.69) is 4.98 Å². The van der Waals surface area contributed by atoms with Crippen LogP contribution in [0.15, 0.2) is 71.7 Å². The van der Waals surface area contributed by atoms with Gasteiger partial charge in [-0.25, -0.2) is 17.8 Å². The molecule has 1 aromatic heterocycles. The zero-order chi connectivity index (χ0) is 30.4. The highest BCUT2D eigenvalue weighted by Crippen LogP contribution is 2.33. The van der Waals surface area contributed by atoms with Gasteiger partial charge in [0.05, 0.1) is 33.9 Å². The second kappa shape index (κ2) is 13.2. The van der Waals surface area contributed by atoms with Crippen LogP contribution in [-0.4, -0.2) is 73.1 Å². The molecular weight excluding hydrogens is 559 g/mol. The molecule has 4 aromatic rings. The Hall–Kier alpha value is -4.22. The van der Waals surface area contributed by atoms with E-state index in [9.17, 15) is 22.7 Å². The molecule has 11 heteroatoms. The molecule has 3 aromatic carbocycles. The smallest absolute Gasteiger partial charge is 0.303 e. The first-order valence-electron chi connectivity index (χ1n) is 13.6. The Morgan fingerprint density at radius 1 is 1.02 bits per heavy atom. The van der Waals surface area contributed by atoms with Crippen LogP contribution in [0.25, 0.3) is 10.9 Å². The first-order chi connectivity index (χ1) is 20.0. The fourth-order valence-corrected chi connectivity index (χ4v) is 6.23. The minimum Gasteiger partial charge on any atom is -0.494 e. The lowest BCUT2D eigenvalue weighted by molar-refractivity contribution is -0.136. The van der Waals surface area contributed by atoms with Crippen LogP contribution in [0.3, 0.4) is 0 Å². The van der Waals surface area contributed by atoms with Crippen molar-refractivity contribution in [3.8, 4) is 5.88 Å². The third kappa shape index (κ3) is 7.34. The predicted octanol–water partition coefficient (Wildman–Crippen LogP) is 5.31. The normalized spacial score (nSPS) is 12.3. The summed E-state index contributed by atoms with van der Waals surface area (Å²) >= 11 is 0. The minimum atomic E-state index is -3.52. The molecule has 4 rings (SSSR count). The molecule has 0 atom stereocenters. The summed E-state index contributed by atoms with van der Waals surface area (Å²) in [6.45, 7) is 2.67. The van der Waals surface area contributed by atoms with Gasteiger partial charge in [0.1, 0.15) is 5.82 Å². The number of carboxylic acid groups (broad SMARTS) is 1. The molecule has 42 heavy (non-hydrogen) atoms. The summed E-state index contributed by atoms with van der Waals surface area (Å²) in [4.78, 5) is 20.7. The highest BCUT2D eigenvalue weighted by atomic mass is 32.2. The monoisotopic (exact) mass is 594 g/mol. The molecule has 0 saturated heterocycles. The van der Waals surface area contributed by atoms with Crippen LogP contribution in [0.5, 0.6) is 5.88 Å². The van der Waals surface area contributed by atoms with Crippen molar-refractivity contribution in [2.75, 3.05) is 37.2 Å². The number of aromatic nitrogens is 1. The number of nitrogens with one attached hydrogen (secondary N) is 1. The molecular formula is C31H35FN4O5S. The summed E-state index contributed by atoms with van der Waals surface area (Å²) in [5, 5.41) is 20.6. The summed E-state index contributed by atoms with van der Waals surface area (Å²) in [6.07, 6.45) is 0.765. The number of H-pyrrole nitrogens is 1. The number of rotatable bonds is 13. The molecule has 3 N–H and O–H groups in total. The predicted molar refractivity (Wildman–Crippen MR) is 164 cm³/mol. The van der Waals surface area contributed by atoms with Crippen molar-refractivity contribution in [3.05, 3.63) is 89.2 Å². The van der Waals surface area contributed by atoms with Crippen molar-refractivity contribution >= 4 is 44.0 Å². The second-order valence-corrected chi connectivity index (χ2v) is 12.3. The van der Waals surface area contributed by atoms with E-state index in [0.717, 1.165) is 5.56 Å². The Balaban J connectivity index is 1.81. The number of carboxylic acids is 1. The molecule has 0 fully saturated rings. The molecule has 9 nitrogen and oxygen atoms in total. The van der Waals surface area contributed by atoms with Crippen molar-refractivity contribution in [1.29, 1.82) is 0 Å². The number of hydrogen-bond acceptors (Lipinski definition) is 6. The average molecular weight is 595 g/mol. The standard InChI is InChI=1S/C31H35FN4O5S/c1-4-18-42(40,41)36(17-16-35(2)3)25-12-10-24(11-13-25)33-30(22-7-5-6-21(19-22)8-15-28(37)38)29-26-14-9-23(32)20-27(26)34-31(29)39/h5-7,9-14,19-20,34,39H,4,8,15-18H2,1-3H3,(H,37,38). The number of benzene rings is 3. The Labute approximate surface area is 245 Å². The summed E-state index contributed by atoms with van der Waals surface area (Å²) in [7, 11) is 0.244. The molecule has 0 amide bonds. The zero-order valence-corrected chi connectivity index (χ0v) is 24.7. The van der Waals surface area contributed by atoms with E-state index < -0.39 is 21.8 Å². The summed E-state index contributed by atoms with van der Waals surface area (Å²) < 4.78 is 41.5. The van der Waals surface area contributed by atoms with Gasteiger partial charge in [0.15, 0.2) is 5.88 Å². The van der Waals surface area contributed by atoms with E-state index in [-0.39, 0.29) is 18.1 Å². The summed E-state index contributed by atoms with van der Waals surface area (Å²) in [5.41, 5.74) is 3.57. The van der Waals surface area contributed by atoms with Crippen molar-refractivity contribution in [1.82, 2.24) is 9.88 Å². The van der Waals surface area contributed by atoms with Gasteiger partial charge in [-0.1, -0.05) is 25.1 Å². The number of nitrogens with zero attached hydrogens (tertiary/aromatic N) is 3. The van der Waals surface area contributed by atoms with Crippen molar-refractivity contribution in [3.63, 3.8) is 0 Å². The Morgan fingerprint density at radius 3 is 2.43 bits per heavy atom. The van der Waals surface area contributed by atoms with E-state index in [1.165, 1.54) is 16.4 Å². The van der Waals surface area contributed by atoms with Crippen molar-refractivity contribution in [2.45, 2.75) is 26.2 Å². The first kappa shape index (κ1) is 30.7. The number of aromatic amines is 1. The number of sulfonamides is 1. The molecule has 0 spiro atoms. The molecule has 0 aliphatic carbocycles. The topological polar surface area (TPSA) is 126 Å². The number of aromatic hydroxyl groups is 1. The number of aryl methyl sites for hydroxylation is 1. The number of likely N-dealkylation sites (N-methyl/N-ethyl adjacent to an activating group) is 1. The fraction of sp³-hybridized carbons (Fsp3) is 0.290. The lowest BCUT2D eigenvalue weighted by atomic mass is 9.97. The maximum atomic E-state index is 14.0. The SMILES string of the molecule is CCCS(=O)(=O)N(CCN(C)C)c1ccc(N=C(c2cccc(CCC(=O)O)c2)c2c(O)[nH]c3cc(F)ccc23)cc1. The van der Waals surface area contributed by atoms with E-state index >= 15 is 0 Å². The van der Waals surface area contributed by atoms with Gasteiger partial charge in [0, 0.05) is 30.5 Å². The number of anilines is 1. The number of halogens is 1. The quantitative estimate of drug-likeness (QED) is 0.180. The van der Waals surface area contributed by atoms with Crippen molar-refractivity contribution in [2.24, 2.45) is 4.99 Å². The van der Waals surface area contributed by atoms with Gasteiger partial charge in [-0.15, -0.1) is 0 Å². The maximum absolute atomic E-state index is 14.0. The first-order valence-corrected chi connectivity index (χ1v) is 15.2. The zero-order valence-electron chi connectivity index (χ0n) is 23.8. The van der Waals surface area contributed by atoms with Crippen LogP contribution in [0.2, 0.25) is 0 Å². The Kier molecular flexibility index (Phi) is 9.64. The number of aliphatic imine (C=N–C) groups is 1. The number of fused-ring (bicyclic) bond motifs is 1. The van der Waals surface area contributed by atoms with Crippen molar-refractivity contribution < 1.29 is 27.8 Å². The van der Waals surface area contributed by atoms with Gasteiger partial charge >= 0.3 is 5.97 Å². The minimum absolute atomic E-state index is 0.0309. The fourth-order valence-electron chi connectivity index (χ4n) is 4.70.